The van der Waals surface area contributed by atoms with Gasteiger partial charge in [0.2, 0.25) is 0 Å². The SMILES string of the molecule is Cc1c(NC(=O)C(C)OC(=O)c2cccc(NS(=O)(=O)c3ccc(F)c(F)c3)c2)c(=O)n(-c2ccccc2)n1C. The van der Waals surface area contributed by atoms with Gasteiger partial charge in [-0.25, -0.2) is 26.7 Å². The molecule has 0 aliphatic rings. The molecule has 3 aromatic carbocycles. The first-order valence-electron chi connectivity index (χ1n) is 11.8. The first-order chi connectivity index (χ1) is 18.9. The molecule has 0 bridgehead atoms. The Bertz CT molecular complexity index is 1770. The van der Waals surface area contributed by atoms with Crippen molar-refractivity contribution in [3.63, 3.8) is 0 Å². The number of hydrogen-bond donors (Lipinski definition) is 2. The van der Waals surface area contributed by atoms with Crippen LogP contribution in [0, 0.1) is 18.6 Å². The number of nitrogens with zero attached hydrogens (tertiary/aromatic N) is 2. The maximum atomic E-state index is 13.5. The second-order valence-electron chi connectivity index (χ2n) is 8.74. The Morgan fingerprint density at radius 1 is 0.950 bits per heavy atom. The average Bonchev–Trinajstić information content (AvgIpc) is 3.13. The molecule has 1 unspecified atom stereocenters. The van der Waals surface area contributed by atoms with Crippen LogP contribution in [0.25, 0.3) is 5.69 Å². The molecule has 13 heteroatoms. The highest BCUT2D eigenvalue weighted by Crippen LogP contribution is 2.20. The zero-order chi connectivity index (χ0) is 29.2. The molecule has 0 spiro atoms. The predicted octanol–water partition coefficient (Wildman–Crippen LogP) is 3.75. The number of benzene rings is 3. The summed E-state index contributed by atoms with van der Waals surface area (Å²) >= 11 is 0. The summed E-state index contributed by atoms with van der Waals surface area (Å²) in [6.45, 7) is 2.97. The number of sulfonamides is 1. The van der Waals surface area contributed by atoms with Gasteiger partial charge < -0.3 is 10.1 Å². The first kappa shape index (κ1) is 28.2. The average molecular weight is 571 g/mol. The molecule has 1 aromatic heterocycles. The Kier molecular flexibility index (Phi) is 7.86. The summed E-state index contributed by atoms with van der Waals surface area (Å²) in [4.78, 5) is 38.0. The number of rotatable bonds is 8. The lowest BCUT2D eigenvalue weighted by Crippen LogP contribution is -2.32. The number of halogens is 2. The van der Waals surface area contributed by atoms with Crippen LogP contribution in [0.3, 0.4) is 0 Å². The van der Waals surface area contributed by atoms with E-state index < -0.39 is 50.1 Å². The maximum absolute atomic E-state index is 13.5. The Morgan fingerprint density at radius 3 is 2.33 bits per heavy atom. The van der Waals surface area contributed by atoms with E-state index in [-0.39, 0.29) is 16.9 Å². The molecule has 0 saturated heterocycles. The van der Waals surface area contributed by atoms with Crippen molar-refractivity contribution in [1.29, 1.82) is 0 Å². The third-order valence-corrected chi connectivity index (χ3v) is 7.39. The summed E-state index contributed by atoms with van der Waals surface area (Å²) in [7, 11) is -2.64. The van der Waals surface area contributed by atoms with Crippen molar-refractivity contribution in [1.82, 2.24) is 9.36 Å². The van der Waals surface area contributed by atoms with Crippen LogP contribution in [0.4, 0.5) is 20.2 Å². The van der Waals surface area contributed by atoms with Gasteiger partial charge in [0.15, 0.2) is 17.7 Å². The number of carbonyl (C=O) groups excluding carboxylic acids is 2. The van der Waals surface area contributed by atoms with E-state index >= 15 is 0 Å². The molecule has 0 radical (unpaired) electrons. The molecular weight excluding hydrogens is 546 g/mol. The Labute approximate surface area is 227 Å². The summed E-state index contributed by atoms with van der Waals surface area (Å²) in [5.41, 5.74) is 0.469. The van der Waals surface area contributed by atoms with Crippen LogP contribution in [0.2, 0.25) is 0 Å². The fourth-order valence-corrected chi connectivity index (χ4v) is 4.85. The Balaban J connectivity index is 1.46. The van der Waals surface area contributed by atoms with Crippen molar-refractivity contribution >= 4 is 33.3 Å². The fraction of sp³-hybridized carbons (Fsp3) is 0.148. The molecule has 4 aromatic rings. The molecule has 4 rings (SSSR count). The zero-order valence-electron chi connectivity index (χ0n) is 21.5. The minimum Gasteiger partial charge on any atom is -0.449 e. The van der Waals surface area contributed by atoms with Crippen molar-refractivity contribution in [2.75, 3.05) is 10.0 Å². The van der Waals surface area contributed by atoms with Gasteiger partial charge in [-0.15, -0.1) is 0 Å². The lowest BCUT2D eigenvalue weighted by atomic mass is 10.2. The van der Waals surface area contributed by atoms with Crippen LogP contribution < -0.4 is 15.6 Å². The van der Waals surface area contributed by atoms with E-state index in [1.54, 1.807) is 49.0 Å². The molecule has 0 aliphatic heterocycles. The first-order valence-corrected chi connectivity index (χ1v) is 13.3. The quantitative estimate of drug-likeness (QED) is 0.311. The normalized spacial score (nSPS) is 12.0. The number of anilines is 2. The predicted molar refractivity (Wildman–Crippen MR) is 143 cm³/mol. The zero-order valence-corrected chi connectivity index (χ0v) is 22.3. The van der Waals surface area contributed by atoms with E-state index in [2.05, 4.69) is 10.0 Å². The Morgan fingerprint density at radius 2 is 1.65 bits per heavy atom. The van der Waals surface area contributed by atoms with Gasteiger partial charge in [0.25, 0.3) is 21.5 Å². The number of carbonyl (C=O) groups is 2. The molecule has 2 N–H and O–H groups in total. The Hall–Kier alpha value is -4.78. The van der Waals surface area contributed by atoms with Crippen molar-refractivity contribution < 1.29 is 31.5 Å². The molecule has 1 heterocycles. The molecule has 1 atom stereocenters. The molecular formula is C27H24F2N4O6S. The standard InChI is InChI=1S/C27H24F2N4O6S/c1-16-24(26(35)33(32(16)3)20-10-5-4-6-11-20)30-25(34)17(2)39-27(36)18-8-7-9-19(14-18)31-40(37,38)21-12-13-22(28)23(29)15-21/h4-15,17,31H,1-3H3,(H,30,34). The van der Waals surface area contributed by atoms with Crippen molar-refractivity contribution in [2.24, 2.45) is 7.05 Å². The van der Waals surface area contributed by atoms with Gasteiger partial charge >= 0.3 is 5.97 Å². The smallest absolute Gasteiger partial charge is 0.338 e. The van der Waals surface area contributed by atoms with Crippen molar-refractivity contribution in [3.8, 4) is 5.69 Å². The second-order valence-corrected chi connectivity index (χ2v) is 10.4. The third kappa shape index (κ3) is 5.78. The molecule has 0 fully saturated rings. The summed E-state index contributed by atoms with van der Waals surface area (Å²) < 4.78 is 62.2. The van der Waals surface area contributed by atoms with E-state index in [0.29, 0.717) is 23.5 Å². The van der Waals surface area contributed by atoms with Gasteiger partial charge in [0, 0.05) is 12.7 Å². The highest BCUT2D eigenvalue weighted by Gasteiger charge is 2.24. The van der Waals surface area contributed by atoms with E-state index in [0.717, 1.165) is 12.1 Å². The largest absolute Gasteiger partial charge is 0.449 e. The van der Waals surface area contributed by atoms with Gasteiger partial charge in [-0.1, -0.05) is 24.3 Å². The van der Waals surface area contributed by atoms with Crippen LogP contribution in [0.5, 0.6) is 0 Å². The lowest BCUT2D eigenvalue weighted by Gasteiger charge is -2.14. The van der Waals surface area contributed by atoms with Crippen LogP contribution in [0.15, 0.2) is 82.5 Å². The van der Waals surface area contributed by atoms with Crippen LogP contribution in [-0.4, -0.2) is 35.8 Å². The van der Waals surface area contributed by atoms with Gasteiger partial charge in [0.1, 0.15) is 5.69 Å². The number of para-hydroxylation sites is 1. The van der Waals surface area contributed by atoms with Gasteiger partial charge in [-0.3, -0.25) is 19.0 Å². The molecule has 208 valence electrons. The minimum atomic E-state index is -4.30. The van der Waals surface area contributed by atoms with Crippen LogP contribution in [0.1, 0.15) is 23.0 Å². The summed E-state index contributed by atoms with van der Waals surface area (Å²) in [5, 5.41) is 2.52. The second kappa shape index (κ2) is 11.1. The summed E-state index contributed by atoms with van der Waals surface area (Å²) in [5.74, 6) is -4.24. The topological polar surface area (TPSA) is 128 Å². The number of hydrogen-bond acceptors (Lipinski definition) is 6. The van der Waals surface area contributed by atoms with Gasteiger partial charge in [0.05, 0.1) is 21.8 Å². The fourth-order valence-electron chi connectivity index (χ4n) is 3.79. The minimum absolute atomic E-state index is 0.0212. The number of aromatic nitrogens is 2. The van der Waals surface area contributed by atoms with Gasteiger partial charge in [-0.05, 0) is 62.4 Å². The molecule has 1 amide bonds. The van der Waals surface area contributed by atoms with Crippen LogP contribution in [-0.2, 0) is 26.6 Å². The number of nitrogens with one attached hydrogen (secondary N) is 2. The van der Waals surface area contributed by atoms with Crippen molar-refractivity contribution in [2.45, 2.75) is 24.8 Å². The summed E-state index contributed by atoms with van der Waals surface area (Å²) in [6.07, 6.45) is -1.32. The van der Waals surface area contributed by atoms with E-state index in [9.17, 15) is 31.6 Å². The highest BCUT2D eigenvalue weighted by molar-refractivity contribution is 7.92. The summed E-state index contributed by atoms with van der Waals surface area (Å²) in [6, 6.07) is 16.1. The van der Waals surface area contributed by atoms with Crippen molar-refractivity contribution in [3.05, 3.63) is 106 Å². The number of esters is 1. The maximum Gasteiger partial charge on any atom is 0.338 e. The molecule has 0 saturated carbocycles. The van der Waals surface area contributed by atoms with Crippen LogP contribution >= 0.6 is 0 Å². The van der Waals surface area contributed by atoms with E-state index in [4.69, 9.17) is 4.74 Å². The lowest BCUT2D eigenvalue weighted by molar-refractivity contribution is -0.123. The number of amides is 1. The van der Waals surface area contributed by atoms with Gasteiger partial charge in [-0.2, -0.15) is 0 Å². The third-order valence-electron chi connectivity index (χ3n) is 6.01. The van der Waals surface area contributed by atoms with E-state index in [1.807, 2.05) is 0 Å². The number of ether oxygens (including phenoxy) is 1. The van der Waals surface area contributed by atoms with E-state index in [1.165, 1.54) is 29.8 Å². The molecule has 40 heavy (non-hydrogen) atoms. The monoisotopic (exact) mass is 570 g/mol. The molecule has 10 nitrogen and oxygen atoms in total. The molecule has 0 aliphatic carbocycles. The highest BCUT2D eigenvalue weighted by atomic mass is 32.2.